The Hall–Kier alpha value is -4.34. The number of carbonyl (C=O) groups is 1. The molecule has 1 amide bonds. The molecule has 4 aromatic heterocycles. The smallest absolute Gasteiger partial charge is 0.258 e. The van der Waals surface area contributed by atoms with E-state index in [1.165, 1.54) is 6.07 Å². The number of hydrogen-bond donors (Lipinski definition) is 2. The molecule has 0 saturated carbocycles. The van der Waals surface area contributed by atoms with Gasteiger partial charge in [-0.2, -0.15) is 4.98 Å². The van der Waals surface area contributed by atoms with Gasteiger partial charge in [0.1, 0.15) is 0 Å². The number of nitrogens with one attached hydrogen (secondary N) is 2. The summed E-state index contributed by atoms with van der Waals surface area (Å²) in [6.07, 6.45) is 1.77. The minimum atomic E-state index is -0.369. The third-order valence-corrected chi connectivity index (χ3v) is 4.66. The van der Waals surface area contributed by atoms with Crippen LogP contribution in [0.1, 0.15) is 22.0 Å². The number of aromatic amines is 1. The Bertz CT molecular complexity index is 1460. The maximum absolute atomic E-state index is 12.7. The van der Waals surface area contributed by atoms with Gasteiger partial charge in [0.2, 0.25) is 5.56 Å². The normalized spacial score (nSPS) is 11.2. The largest absolute Gasteiger partial charge is 0.345 e. The number of nitrogens with zero attached hydrogens (tertiary/aromatic N) is 5. The van der Waals surface area contributed by atoms with Gasteiger partial charge in [0.25, 0.3) is 11.8 Å². The Kier molecular flexibility index (Phi) is 4.09. The van der Waals surface area contributed by atoms with Crippen molar-refractivity contribution < 1.29 is 9.32 Å². The lowest BCUT2D eigenvalue weighted by Crippen LogP contribution is -2.25. The molecule has 5 aromatic rings. The summed E-state index contributed by atoms with van der Waals surface area (Å²) in [4.78, 5) is 31.5. The van der Waals surface area contributed by atoms with Crippen LogP contribution in [0.3, 0.4) is 0 Å². The van der Waals surface area contributed by atoms with E-state index in [0.717, 1.165) is 5.56 Å². The summed E-state index contributed by atoms with van der Waals surface area (Å²) in [5, 5.41) is 15.5. The van der Waals surface area contributed by atoms with Crippen LogP contribution in [-0.4, -0.2) is 35.6 Å². The standard InChI is InChI=1S/C20H15N7O3/c1-11-22-20(30-26-11)12-6-7-27-16(8-12)24-25-17(27)10-21-19(29)14-9-18(28)23-15-5-3-2-4-13(14)15/h2-9H,10H2,1H3,(H,21,29)(H,23,28). The van der Waals surface area contributed by atoms with Crippen LogP contribution in [0.4, 0.5) is 0 Å². The van der Waals surface area contributed by atoms with Crippen molar-refractivity contribution >= 4 is 22.5 Å². The highest BCUT2D eigenvalue weighted by Crippen LogP contribution is 2.19. The molecule has 0 bridgehead atoms. The van der Waals surface area contributed by atoms with Crippen molar-refractivity contribution in [3.8, 4) is 11.5 Å². The topological polar surface area (TPSA) is 131 Å². The van der Waals surface area contributed by atoms with E-state index in [-0.39, 0.29) is 18.0 Å². The van der Waals surface area contributed by atoms with Gasteiger partial charge >= 0.3 is 0 Å². The summed E-state index contributed by atoms with van der Waals surface area (Å²) in [5.74, 6) is 1.11. The molecular weight excluding hydrogens is 386 g/mol. The van der Waals surface area contributed by atoms with Crippen LogP contribution < -0.4 is 10.9 Å². The predicted molar refractivity (Wildman–Crippen MR) is 107 cm³/mol. The number of aromatic nitrogens is 6. The number of H-pyrrole nitrogens is 1. The molecule has 2 N–H and O–H groups in total. The molecule has 1 aromatic carbocycles. The fourth-order valence-electron chi connectivity index (χ4n) is 3.26. The first-order valence-corrected chi connectivity index (χ1v) is 9.13. The Labute approximate surface area is 168 Å². The van der Waals surface area contributed by atoms with E-state index >= 15 is 0 Å². The summed E-state index contributed by atoms with van der Waals surface area (Å²) in [6, 6.07) is 12.0. The van der Waals surface area contributed by atoms with Crippen molar-refractivity contribution in [2.24, 2.45) is 0 Å². The highest BCUT2D eigenvalue weighted by molar-refractivity contribution is 6.05. The fourth-order valence-corrected chi connectivity index (χ4v) is 3.26. The van der Waals surface area contributed by atoms with E-state index in [4.69, 9.17) is 4.52 Å². The summed E-state index contributed by atoms with van der Waals surface area (Å²) >= 11 is 0. The highest BCUT2D eigenvalue weighted by atomic mass is 16.5. The molecule has 0 atom stereocenters. The second kappa shape index (κ2) is 6.92. The fraction of sp³-hybridized carbons (Fsp3) is 0.100. The van der Waals surface area contributed by atoms with Gasteiger partial charge < -0.3 is 14.8 Å². The molecule has 0 fully saturated rings. The van der Waals surface area contributed by atoms with Crippen molar-refractivity contribution in [2.75, 3.05) is 0 Å². The monoisotopic (exact) mass is 401 g/mol. The van der Waals surface area contributed by atoms with Gasteiger partial charge in [0.05, 0.1) is 12.1 Å². The van der Waals surface area contributed by atoms with Crippen molar-refractivity contribution in [1.29, 1.82) is 0 Å². The van der Waals surface area contributed by atoms with Gasteiger partial charge in [-0.15, -0.1) is 10.2 Å². The van der Waals surface area contributed by atoms with Crippen molar-refractivity contribution in [3.05, 3.63) is 76.2 Å². The quantitative estimate of drug-likeness (QED) is 0.470. The Morgan fingerprint density at radius 3 is 2.90 bits per heavy atom. The second-order valence-electron chi connectivity index (χ2n) is 6.68. The van der Waals surface area contributed by atoms with Crippen molar-refractivity contribution in [1.82, 2.24) is 35.0 Å². The molecule has 0 aliphatic heterocycles. The van der Waals surface area contributed by atoms with Crippen molar-refractivity contribution in [3.63, 3.8) is 0 Å². The van der Waals surface area contributed by atoms with Gasteiger partial charge in [0.15, 0.2) is 17.3 Å². The lowest BCUT2D eigenvalue weighted by Gasteiger charge is -2.07. The molecular formula is C20H15N7O3. The first kappa shape index (κ1) is 17.7. The Morgan fingerprint density at radius 2 is 2.07 bits per heavy atom. The minimum absolute atomic E-state index is 0.139. The number of pyridine rings is 2. The summed E-state index contributed by atoms with van der Waals surface area (Å²) in [5.41, 5.74) is 1.87. The van der Waals surface area contributed by atoms with Crippen LogP contribution in [0.2, 0.25) is 0 Å². The molecule has 30 heavy (non-hydrogen) atoms. The molecule has 10 heteroatoms. The number of fused-ring (bicyclic) bond motifs is 2. The lowest BCUT2D eigenvalue weighted by atomic mass is 10.1. The third kappa shape index (κ3) is 3.09. The number of amides is 1. The van der Waals surface area contributed by atoms with E-state index in [1.54, 1.807) is 47.9 Å². The summed E-state index contributed by atoms with van der Waals surface area (Å²) in [6.45, 7) is 1.88. The van der Waals surface area contributed by atoms with Crippen molar-refractivity contribution in [2.45, 2.75) is 13.5 Å². The van der Waals surface area contributed by atoms with E-state index in [9.17, 15) is 9.59 Å². The number of hydrogen-bond acceptors (Lipinski definition) is 7. The molecule has 4 heterocycles. The maximum atomic E-state index is 12.7. The zero-order valence-electron chi connectivity index (χ0n) is 15.8. The van der Waals surface area contributed by atoms with Crippen LogP contribution in [-0.2, 0) is 6.54 Å². The number of carbonyl (C=O) groups excluding carboxylic acids is 1. The molecule has 0 unspecified atom stereocenters. The third-order valence-electron chi connectivity index (χ3n) is 4.66. The van der Waals surface area contributed by atoms with Crippen LogP contribution in [0, 0.1) is 6.92 Å². The van der Waals surface area contributed by atoms with Crippen LogP contribution >= 0.6 is 0 Å². The zero-order valence-corrected chi connectivity index (χ0v) is 15.8. The summed E-state index contributed by atoms with van der Waals surface area (Å²) < 4.78 is 6.93. The minimum Gasteiger partial charge on any atom is -0.345 e. The predicted octanol–water partition coefficient (Wildman–Crippen LogP) is 1.86. The zero-order chi connectivity index (χ0) is 20.7. The molecule has 0 aliphatic rings. The van der Waals surface area contributed by atoms with E-state index in [0.29, 0.717) is 39.7 Å². The average molecular weight is 401 g/mol. The molecule has 0 saturated heterocycles. The average Bonchev–Trinajstić information content (AvgIpc) is 3.37. The number of rotatable bonds is 4. The van der Waals surface area contributed by atoms with E-state index < -0.39 is 0 Å². The van der Waals surface area contributed by atoms with Gasteiger partial charge in [0, 0.05) is 28.7 Å². The van der Waals surface area contributed by atoms with Crippen LogP contribution in [0.25, 0.3) is 28.0 Å². The Morgan fingerprint density at radius 1 is 1.20 bits per heavy atom. The number of benzene rings is 1. The second-order valence-corrected chi connectivity index (χ2v) is 6.68. The van der Waals surface area contributed by atoms with Gasteiger partial charge in [-0.3, -0.25) is 14.0 Å². The molecule has 0 radical (unpaired) electrons. The van der Waals surface area contributed by atoms with Crippen LogP contribution in [0.5, 0.6) is 0 Å². The van der Waals surface area contributed by atoms with E-state index in [1.807, 2.05) is 6.07 Å². The Balaban J connectivity index is 1.40. The van der Waals surface area contributed by atoms with Gasteiger partial charge in [-0.05, 0) is 25.1 Å². The van der Waals surface area contributed by atoms with Crippen LogP contribution in [0.15, 0.2) is 58.0 Å². The number of aryl methyl sites for hydroxylation is 1. The first-order chi connectivity index (χ1) is 14.6. The number of para-hydroxylation sites is 1. The molecule has 10 nitrogen and oxygen atoms in total. The molecule has 0 spiro atoms. The van der Waals surface area contributed by atoms with E-state index in [2.05, 4.69) is 30.6 Å². The van der Waals surface area contributed by atoms with Gasteiger partial charge in [-0.1, -0.05) is 23.4 Å². The molecule has 0 aliphatic carbocycles. The highest BCUT2D eigenvalue weighted by Gasteiger charge is 2.14. The SMILES string of the molecule is Cc1noc(-c2ccn3c(CNC(=O)c4cc(=O)[nH]c5ccccc45)nnc3c2)n1. The summed E-state index contributed by atoms with van der Waals surface area (Å²) in [7, 11) is 0. The molecule has 5 rings (SSSR count). The first-order valence-electron chi connectivity index (χ1n) is 9.13. The molecule has 148 valence electrons. The maximum Gasteiger partial charge on any atom is 0.258 e. The lowest BCUT2D eigenvalue weighted by molar-refractivity contribution is 0.0951. The van der Waals surface area contributed by atoms with Gasteiger partial charge in [-0.25, -0.2) is 0 Å².